The maximum Gasteiger partial charge on any atom is 0.266 e. The lowest BCUT2D eigenvalue weighted by atomic mass is 10.1. The smallest absolute Gasteiger partial charge is 0.266 e. The zero-order valence-corrected chi connectivity index (χ0v) is 24.1. The van der Waals surface area contributed by atoms with Crippen LogP contribution in [0.1, 0.15) is 36.2 Å². The highest BCUT2D eigenvalue weighted by Gasteiger charge is 2.30. The van der Waals surface area contributed by atoms with Crippen molar-refractivity contribution in [3.63, 3.8) is 0 Å². The summed E-state index contributed by atoms with van der Waals surface area (Å²) >= 11 is 3.54. The van der Waals surface area contributed by atoms with Crippen molar-refractivity contribution < 1.29 is 23.8 Å². The van der Waals surface area contributed by atoms with Crippen LogP contribution in [-0.2, 0) is 9.53 Å². The second-order valence-electron chi connectivity index (χ2n) is 8.44. The SMILES string of the molecule is CCCOc1c(I)cc(/C=C2/SC(=Nc3cccc(C(=O)N4CCOCC4)c3)N(C)C2=O)cc1OCC. The summed E-state index contributed by atoms with van der Waals surface area (Å²) in [6, 6.07) is 11.1. The Morgan fingerprint density at radius 3 is 2.70 bits per heavy atom. The van der Waals surface area contributed by atoms with Gasteiger partial charge < -0.3 is 19.1 Å². The number of nitrogens with zero attached hydrogens (tertiary/aromatic N) is 3. The molecule has 0 radical (unpaired) electrons. The Bertz CT molecular complexity index is 1230. The van der Waals surface area contributed by atoms with E-state index in [0.29, 0.717) is 66.6 Å². The molecule has 4 rings (SSSR count). The van der Waals surface area contributed by atoms with Gasteiger partial charge in [-0.2, -0.15) is 0 Å². The third kappa shape index (κ3) is 6.66. The molecule has 2 aromatic carbocycles. The molecule has 2 aliphatic heterocycles. The molecule has 2 fully saturated rings. The molecule has 196 valence electrons. The average Bonchev–Trinajstić information content (AvgIpc) is 3.16. The van der Waals surface area contributed by atoms with Gasteiger partial charge >= 0.3 is 0 Å². The van der Waals surface area contributed by atoms with E-state index in [4.69, 9.17) is 14.2 Å². The van der Waals surface area contributed by atoms with E-state index in [1.54, 1.807) is 24.1 Å². The van der Waals surface area contributed by atoms with E-state index in [0.717, 1.165) is 21.3 Å². The van der Waals surface area contributed by atoms with Gasteiger partial charge in [0.1, 0.15) is 0 Å². The van der Waals surface area contributed by atoms with Gasteiger partial charge in [-0.1, -0.05) is 13.0 Å². The highest BCUT2D eigenvalue weighted by Crippen LogP contribution is 2.38. The summed E-state index contributed by atoms with van der Waals surface area (Å²) in [5, 5.41) is 0.551. The average molecular weight is 636 g/mol. The summed E-state index contributed by atoms with van der Waals surface area (Å²) in [4.78, 5) is 34.4. The molecule has 0 aliphatic carbocycles. The van der Waals surface area contributed by atoms with Crippen molar-refractivity contribution in [2.75, 3.05) is 46.6 Å². The number of benzene rings is 2. The summed E-state index contributed by atoms with van der Waals surface area (Å²) in [7, 11) is 1.70. The van der Waals surface area contributed by atoms with Gasteiger partial charge in [-0.25, -0.2) is 4.99 Å². The molecule has 2 amide bonds. The van der Waals surface area contributed by atoms with E-state index in [1.165, 1.54) is 16.7 Å². The van der Waals surface area contributed by atoms with Crippen LogP contribution in [0.3, 0.4) is 0 Å². The number of carbonyl (C=O) groups is 2. The van der Waals surface area contributed by atoms with E-state index >= 15 is 0 Å². The normalized spacial score (nSPS) is 18.1. The number of carbonyl (C=O) groups excluding carboxylic acids is 2. The Labute approximate surface area is 235 Å². The number of morpholine rings is 1. The van der Waals surface area contributed by atoms with Gasteiger partial charge in [0.2, 0.25) is 0 Å². The highest BCUT2D eigenvalue weighted by molar-refractivity contribution is 14.1. The number of aliphatic imine (C=N–C) groups is 1. The fourth-order valence-electron chi connectivity index (χ4n) is 3.85. The molecule has 2 saturated heterocycles. The van der Waals surface area contributed by atoms with Crippen LogP contribution in [-0.4, -0.2) is 73.3 Å². The van der Waals surface area contributed by atoms with Gasteiger partial charge in [0, 0.05) is 25.7 Å². The van der Waals surface area contributed by atoms with Crippen LogP contribution in [0.4, 0.5) is 5.69 Å². The third-order valence-corrected chi connectivity index (χ3v) is 7.56. The topological polar surface area (TPSA) is 80.7 Å². The summed E-state index contributed by atoms with van der Waals surface area (Å²) in [5.74, 6) is 1.21. The maximum absolute atomic E-state index is 13.0. The van der Waals surface area contributed by atoms with Gasteiger partial charge in [-0.3, -0.25) is 14.5 Å². The minimum atomic E-state index is -0.136. The van der Waals surface area contributed by atoms with Crippen molar-refractivity contribution in [3.05, 3.63) is 56.0 Å². The Balaban J connectivity index is 1.57. The van der Waals surface area contributed by atoms with Crippen molar-refractivity contribution in [1.29, 1.82) is 0 Å². The Morgan fingerprint density at radius 1 is 1.19 bits per heavy atom. The lowest BCUT2D eigenvalue weighted by molar-refractivity contribution is -0.121. The van der Waals surface area contributed by atoms with Crippen LogP contribution < -0.4 is 9.47 Å². The van der Waals surface area contributed by atoms with Crippen molar-refractivity contribution in [1.82, 2.24) is 9.80 Å². The molecule has 0 spiro atoms. The largest absolute Gasteiger partial charge is 0.490 e. The number of likely N-dealkylation sites (N-methyl/N-ethyl adjacent to an activating group) is 1. The maximum atomic E-state index is 13.0. The molecule has 0 bridgehead atoms. The molecule has 8 nitrogen and oxygen atoms in total. The molecular weight excluding hydrogens is 605 g/mol. The Kier molecular flexibility index (Phi) is 9.49. The molecular formula is C27H30IN3O5S. The van der Waals surface area contributed by atoms with Gasteiger partial charge in [-0.15, -0.1) is 0 Å². The van der Waals surface area contributed by atoms with Crippen LogP contribution in [0.15, 0.2) is 46.3 Å². The van der Waals surface area contributed by atoms with Crippen LogP contribution >= 0.6 is 34.4 Å². The Morgan fingerprint density at radius 2 is 1.97 bits per heavy atom. The van der Waals surface area contributed by atoms with Crippen LogP contribution in [0.25, 0.3) is 6.08 Å². The summed E-state index contributed by atoms with van der Waals surface area (Å²) < 4.78 is 18.0. The van der Waals surface area contributed by atoms with Gasteiger partial charge in [0.05, 0.1) is 40.6 Å². The number of rotatable bonds is 8. The van der Waals surface area contributed by atoms with Crippen molar-refractivity contribution in [2.24, 2.45) is 4.99 Å². The number of amides is 2. The lowest BCUT2D eigenvalue weighted by Crippen LogP contribution is -2.40. The standard InChI is InChI=1S/C27H30IN3O5S/c1-4-11-36-24-21(28)14-18(15-22(24)35-5-2)16-23-26(33)30(3)27(37-23)29-20-8-6-7-19(17-20)25(32)31-9-12-34-13-10-31/h6-8,14-17H,4-5,9-13H2,1-3H3/b23-16+,29-27?. The summed E-state index contributed by atoms with van der Waals surface area (Å²) in [5.41, 5.74) is 2.04. The number of ether oxygens (including phenoxy) is 3. The fraction of sp³-hybridized carbons (Fsp3) is 0.370. The first kappa shape index (κ1) is 27.5. The molecule has 0 N–H and O–H groups in total. The fourth-order valence-corrected chi connectivity index (χ4v) is 5.62. The molecule has 2 heterocycles. The van der Waals surface area contributed by atoms with E-state index < -0.39 is 0 Å². The molecule has 0 aromatic heterocycles. The van der Waals surface area contributed by atoms with Crippen molar-refractivity contribution in [3.8, 4) is 11.5 Å². The van der Waals surface area contributed by atoms with Crippen LogP contribution in [0, 0.1) is 3.57 Å². The predicted octanol–water partition coefficient (Wildman–Crippen LogP) is 5.18. The van der Waals surface area contributed by atoms with Crippen LogP contribution in [0.2, 0.25) is 0 Å². The first-order chi connectivity index (χ1) is 17.9. The first-order valence-electron chi connectivity index (χ1n) is 12.2. The van der Waals surface area contributed by atoms with Crippen LogP contribution in [0.5, 0.6) is 11.5 Å². The molecule has 0 atom stereocenters. The molecule has 0 saturated carbocycles. The third-order valence-electron chi connectivity index (χ3n) is 5.70. The Hall–Kier alpha value is -2.57. The van der Waals surface area contributed by atoms with Crippen molar-refractivity contribution >= 4 is 63.1 Å². The van der Waals surface area contributed by atoms with Gasteiger partial charge in [-0.05, 0) is 89.7 Å². The lowest BCUT2D eigenvalue weighted by Gasteiger charge is -2.26. The summed E-state index contributed by atoms with van der Waals surface area (Å²) in [6.07, 6.45) is 2.75. The number of thioether (sulfide) groups is 1. The highest BCUT2D eigenvalue weighted by atomic mass is 127. The number of hydrogen-bond acceptors (Lipinski definition) is 7. The van der Waals surface area contributed by atoms with Crippen molar-refractivity contribution in [2.45, 2.75) is 20.3 Å². The molecule has 37 heavy (non-hydrogen) atoms. The molecule has 0 unspecified atom stereocenters. The minimum Gasteiger partial charge on any atom is -0.490 e. The zero-order valence-electron chi connectivity index (χ0n) is 21.2. The summed E-state index contributed by atoms with van der Waals surface area (Å²) in [6.45, 7) is 7.36. The number of hydrogen-bond donors (Lipinski definition) is 0. The second-order valence-corrected chi connectivity index (χ2v) is 10.6. The van der Waals surface area contributed by atoms with E-state index in [2.05, 4.69) is 34.5 Å². The minimum absolute atomic E-state index is 0.0412. The van der Waals surface area contributed by atoms with E-state index in [-0.39, 0.29) is 11.8 Å². The number of amidine groups is 1. The predicted molar refractivity (Wildman–Crippen MR) is 155 cm³/mol. The molecule has 10 heteroatoms. The van der Waals surface area contributed by atoms with Gasteiger partial charge in [0.15, 0.2) is 16.7 Å². The monoisotopic (exact) mass is 635 g/mol. The van der Waals surface area contributed by atoms with E-state index in [1.807, 2.05) is 37.3 Å². The quantitative estimate of drug-likeness (QED) is 0.294. The zero-order chi connectivity index (χ0) is 26.4. The number of halogens is 1. The molecule has 2 aliphatic rings. The second kappa shape index (κ2) is 12.8. The molecule has 2 aromatic rings. The first-order valence-corrected chi connectivity index (χ1v) is 14.1. The van der Waals surface area contributed by atoms with Gasteiger partial charge in [0.25, 0.3) is 11.8 Å². The van der Waals surface area contributed by atoms with E-state index in [9.17, 15) is 9.59 Å².